The van der Waals surface area contributed by atoms with Crippen LogP contribution in [0.4, 0.5) is 0 Å². The van der Waals surface area contributed by atoms with Crippen LogP contribution in [0.3, 0.4) is 0 Å². The normalized spacial score (nSPS) is 11.8. The van der Waals surface area contributed by atoms with Crippen molar-refractivity contribution in [1.82, 2.24) is 20.6 Å². The lowest BCUT2D eigenvalue weighted by Gasteiger charge is -2.20. The van der Waals surface area contributed by atoms with E-state index in [4.69, 9.17) is 0 Å². The fourth-order valence-electron chi connectivity index (χ4n) is 2.26. The van der Waals surface area contributed by atoms with Crippen LogP contribution in [0, 0.1) is 5.92 Å². The topological polar surface area (TPSA) is 84.0 Å². The first kappa shape index (κ1) is 17.6. The van der Waals surface area contributed by atoms with E-state index in [1.165, 1.54) is 6.20 Å². The van der Waals surface area contributed by atoms with Crippen molar-refractivity contribution in [3.05, 3.63) is 60.2 Å². The molecule has 0 saturated heterocycles. The smallest absolute Gasteiger partial charge is 0.253 e. The highest BCUT2D eigenvalue weighted by Gasteiger charge is 2.22. The first-order valence-corrected chi connectivity index (χ1v) is 7.93. The van der Waals surface area contributed by atoms with Gasteiger partial charge in [-0.3, -0.25) is 19.6 Å². The Morgan fingerprint density at radius 1 is 1.08 bits per heavy atom. The second kappa shape index (κ2) is 8.76. The van der Waals surface area contributed by atoms with E-state index in [1.54, 1.807) is 30.7 Å². The van der Waals surface area contributed by atoms with Crippen molar-refractivity contribution in [2.75, 3.05) is 0 Å². The number of nitrogens with zero attached hydrogens (tertiary/aromatic N) is 2. The zero-order chi connectivity index (χ0) is 17.4. The molecule has 126 valence electrons. The molecule has 0 radical (unpaired) electrons. The van der Waals surface area contributed by atoms with Crippen LogP contribution >= 0.6 is 0 Å². The Morgan fingerprint density at radius 3 is 2.38 bits per heavy atom. The Kier molecular flexibility index (Phi) is 6.42. The maximum absolute atomic E-state index is 12.5. The number of rotatable bonds is 7. The summed E-state index contributed by atoms with van der Waals surface area (Å²) in [6.07, 6.45) is 7.02. The second-order valence-electron chi connectivity index (χ2n) is 5.98. The number of carbonyl (C=O) groups excluding carboxylic acids is 2. The van der Waals surface area contributed by atoms with Crippen LogP contribution in [-0.2, 0) is 11.3 Å². The molecule has 0 unspecified atom stereocenters. The molecule has 2 aromatic rings. The molecule has 2 rings (SSSR count). The number of pyridine rings is 2. The van der Waals surface area contributed by atoms with Crippen molar-refractivity contribution in [2.24, 2.45) is 5.92 Å². The number of amides is 2. The predicted octanol–water partition coefficient (Wildman–Crippen LogP) is 1.94. The van der Waals surface area contributed by atoms with E-state index in [0.29, 0.717) is 18.5 Å². The minimum Gasteiger partial charge on any atom is -0.350 e. The Labute approximate surface area is 141 Å². The predicted molar refractivity (Wildman–Crippen MR) is 91.0 cm³/mol. The maximum atomic E-state index is 12.5. The average molecular weight is 326 g/mol. The molecule has 6 nitrogen and oxygen atoms in total. The molecule has 2 heterocycles. The number of aromatic nitrogens is 2. The van der Waals surface area contributed by atoms with E-state index in [1.807, 2.05) is 26.0 Å². The SMILES string of the molecule is CC(C)C[C@@H](NC(=O)c1cccnc1)C(=O)NCc1cccnc1. The van der Waals surface area contributed by atoms with Crippen molar-refractivity contribution in [3.8, 4) is 0 Å². The molecule has 2 aromatic heterocycles. The summed E-state index contributed by atoms with van der Waals surface area (Å²) in [5, 5.41) is 5.65. The van der Waals surface area contributed by atoms with Crippen molar-refractivity contribution < 1.29 is 9.59 Å². The second-order valence-corrected chi connectivity index (χ2v) is 5.98. The molecule has 0 fully saturated rings. The van der Waals surface area contributed by atoms with E-state index in [2.05, 4.69) is 20.6 Å². The minimum absolute atomic E-state index is 0.204. The van der Waals surface area contributed by atoms with Crippen molar-refractivity contribution >= 4 is 11.8 Å². The van der Waals surface area contributed by atoms with Crippen LogP contribution in [0.1, 0.15) is 36.2 Å². The fraction of sp³-hybridized carbons (Fsp3) is 0.333. The van der Waals surface area contributed by atoms with Crippen LogP contribution in [0.5, 0.6) is 0 Å². The summed E-state index contributed by atoms with van der Waals surface area (Å²) in [6, 6.07) is 6.47. The summed E-state index contributed by atoms with van der Waals surface area (Å²) in [7, 11) is 0. The number of nitrogens with one attached hydrogen (secondary N) is 2. The quantitative estimate of drug-likeness (QED) is 0.814. The summed E-state index contributed by atoms with van der Waals surface area (Å²) in [5.41, 5.74) is 1.35. The van der Waals surface area contributed by atoms with Crippen LogP contribution in [0.2, 0.25) is 0 Å². The van der Waals surface area contributed by atoms with E-state index >= 15 is 0 Å². The average Bonchev–Trinajstić information content (AvgIpc) is 2.60. The third-order valence-corrected chi connectivity index (χ3v) is 3.44. The lowest BCUT2D eigenvalue weighted by molar-refractivity contribution is -0.123. The fourth-order valence-corrected chi connectivity index (χ4v) is 2.26. The number of hydrogen-bond acceptors (Lipinski definition) is 4. The molecule has 2 N–H and O–H groups in total. The zero-order valence-corrected chi connectivity index (χ0v) is 13.9. The molecule has 0 aliphatic carbocycles. The monoisotopic (exact) mass is 326 g/mol. The van der Waals surface area contributed by atoms with Gasteiger partial charge in [0.25, 0.3) is 5.91 Å². The highest BCUT2D eigenvalue weighted by Crippen LogP contribution is 2.07. The van der Waals surface area contributed by atoms with Gasteiger partial charge < -0.3 is 10.6 Å². The summed E-state index contributed by atoms with van der Waals surface area (Å²) < 4.78 is 0. The molecule has 1 atom stereocenters. The van der Waals surface area contributed by atoms with Gasteiger partial charge in [-0.25, -0.2) is 0 Å². The molecule has 2 amide bonds. The van der Waals surface area contributed by atoms with E-state index in [9.17, 15) is 9.59 Å². The molecule has 6 heteroatoms. The highest BCUT2D eigenvalue weighted by molar-refractivity contribution is 5.97. The minimum atomic E-state index is -0.589. The number of hydrogen-bond donors (Lipinski definition) is 2. The van der Waals surface area contributed by atoms with Gasteiger partial charge in [-0.2, -0.15) is 0 Å². The Hall–Kier alpha value is -2.76. The molecule has 0 bridgehead atoms. The van der Waals surface area contributed by atoms with E-state index in [-0.39, 0.29) is 17.7 Å². The molecular formula is C18H22N4O2. The van der Waals surface area contributed by atoms with E-state index < -0.39 is 6.04 Å². The van der Waals surface area contributed by atoms with Crippen molar-refractivity contribution in [2.45, 2.75) is 32.9 Å². The Balaban J connectivity index is 1.99. The zero-order valence-electron chi connectivity index (χ0n) is 13.9. The van der Waals surface area contributed by atoms with Crippen molar-refractivity contribution in [3.63, 3.8) is 0 Å². The molecule has 0 aliphatic rings. The largest absolute Gasteiger partial charge is 0.350 e. The van der Waals surface area contributed by atoms with Gasteiger partial charge in [-0.15, -0.1) is 0 Å². The van der Waals surface area contributed by atoms with Gasteiger partial charge in [0.2, 0.25) is 5.91 Å². The van der Waals surface area contributed by atoms with Gasteiger partial charge in [0.05, 0.1) is 5.56 Å². The Bertz CT molecular complexity index is 659. The molecular weight excluding hydrogens is 304 g/mol. The van der Waals surface area contributed by atoms with Gasteiger partial charge in [-0.1, -0.05) is 19.9 Å². The molecule has 0 aromatic carbocycles. The third kappa shape index (κ3) is 5.46. The van der Waals surface area contributed by atoms with Crippen LogP contribution in [-0.4, -0.2) is 27.8 Å². The summed E-state index contributed by atoms with van der Waals surface area (Å²) in [5.74, 6) is -0.233. The van der Waals surface area contributed by atoms with Gasteiger partial charge in [0.1, 0.15) is 6.04 Å². The van der Waals surface area contributed by atoms with Crippen LogP contribution in [0.25, 0.3) is 0 Å². The van der Waals surface area contributed by atoms with Crippen LogP contribution in [0.15, 0.2) is 49.1 Å². The van der Waals surface area contributed by atoms with Gasteiger partial charge >= 0.3 is 0 Å². The summed E-state index contributed by atoms with van der Waals surface area (Å²) in [4.78, 5) is 32.7. The first-order valence-electron chi connectivity index (χ1n) is 7.93. The highest BCUT2D eigenvalue weighted by atomic mass is 16.2. The summed E-state index contributed by atoms with van der Waals surface area (Å²) in [6.45, 7) is 4.40. The lowest BCUT2D eigenvalue weighted by atomic mass is 10.0. The lowest BCUT2D eigenvalue weighted by Crippen LogP contribution is -2.47. The van der Waals surface area contributed by atoms with Crippen LogP contribution < -0.4 is 10.6 Å². The third-order valence-electron chi connectivity index (χ3n) is 3.44. The number of carbonyl (C=O) groups is 2. The van der Waals surface area contributed by atoms with Crippen molar-refractivity contribution in [1.29, 1.82) is 0 Å². The standard InChI is InChI=1S/C18H22N4O2/c1-13(2)9-16(22-17(23)15-6-4-8-20-12-15)18(24)21-11-14-5-3-7-19-10-14/h3-8,10,12-13,16H,9,11H2,1-2H3,(H,21,24)(H,22,23)/t16-/m1/s1. The molecule has 24 heavy (non-hydrogen) atoms. The first-order chi connectivity index (χ1) is 11.6. The molecule has 0 spiro atoms. The van der Waals surface area contributed by atoms with Gasteiger partial charge in [-0.05, 0) is 36.1 Å². The Morgan fingerprint density at radius 2 is 1.79 bits per heavy atom. The van der Waals surface area contributed by atoms with Gasteiger partial charge in [0.15, 0.2) is 0 Å². The molecule has 0 saturated carbocycles. The summed E-state index contributed by atoms with van der Waals surface area (Å²) >= 11 is 0. The molecule has 0 aliphatic heterocycles. The van der Waals surface area contributed by atoms with E-state index in [0.717, 1.165) is 5.56 Å². The van der Waals surface area contributed by atoms with Gasteiger partial charge in [0, 0.05) is 31.3 Å². The maximum Gasteiger partial charge on any atom is 0.253 e.